The van der Waals surface area contributed by atoms with Crippen LogP contribution >= 0.6 is 11.3 Å². The summed E-state index contributed by atoms with van der Waals surface area (Å²) in [5.74, 6) is 0. The first-order valence-electron chi connectivity index (χ1n) is 4.43. The Hall–Kier alpha value is -1.13. The average Bonchev–Trinajstić information content (AvgIpc) is 2.55. The van der Waals surface area contributed by atoms with E-state index in [1.165, 1.54) is 0 Å². The summed E-state index contributed by atoms with van der Waals surface area (Å²) >= 11 is 1.12. The van der Waals surface area contributed by atoms with Crippen molar-refractivity contribution in [2.24, 2.45) is 0 Å². The zero-order valence-corrected chi connectivity index (χ0v) is 8.34. The predicted molar refractivity (Wildman–Crippen MR) is 55.8 cm³/mol. The Morgan fingerprint density at radius 1 is 1.43 bits per heavy atom. The van der Waals surface area contributed by atoms with Gasteiger partial charge in [0.1, 0.15) is 0 Å². The summed E-state index contributed by atoms with van der Waals surface area (Å²) < 4.78 is 5.96. The standard InChI is InChI=1S/C10H10O3S/c11-6-2-4-7-3-1-5-8-9(7)13-10(12)14-8/h1,3,5,11H,2,4,6H2. The molecule has 0 amide bonds. The zero-order valence-electron chi connectivity index (χ0n) is 7.53. The van der Waals surface area contributed by atoms with E-state index in [-0.39, 0.29) is 11.5 Å². The number of rotatable bonds is 3. The maximum Gasteiger partial charge on any atom is 0.396 e. The Labute approximate surface area is 84.6 Å². The van der Waals surface area contributed by atoms with Crippen LogP contribution in [0.3, 0.4) is 0 Å². The summed E-state index contributed by atoms with van der Waals surface area (Å²) in [6, 6.07) is 5.70. The molecule has 1 aromatic carbocycles. The summed E-state index contributed by atoms with van der Waals surface area (Å²) in [5, 5.41) is 8.72. The fourth-order valence-corrected chi connectivity index (χ4v) is 2.13. The molecule has 0 aliphatic carbocycles. The Morgan fingerprint density at radius 2 is 2.29 bits per heavy atom. The van der Waals surface area contributed by atoms with Gasteiger partial charge in [-0.3, -0.25) is 0 Å². The van der Waals surface area contributed by atoms with Gasteiger partial charge in [0.2, 0.25) is 0 Å². The Kier molecular flexibility index (Phi) is 2.65. The molecule has 4 heteroatoms. The molecule has 2 rings (SSSR count). The molecule has 0 fully saturated rings. The zero-order chi connectivity index (χ0) is 9.97. The number of aryl methyl sites for hydroxylation is 1. The van der Waals surface area contributed by atoms with Crippen LogP contribution in [-0.2, 0) is 6.42 Å². The van der Waals surface area contributed by atoms with Gasteiger partial charge in [0, 0.05) is 6.61 Å². The molecule has 0 saturated heterocycles. The van der Waals surface area contributed by atoms with Crippen LogP contribution < -0.4 is 4.94 Å². The molecule has 74 valence electrons. The molecule has 0 bridgehead atoms. The molecular weight excluding hydrogens is 200 g/mol. The van der Waals surface area contributed by atoms with Crippen molar-refractivity contribution in [1.29, 1.82) is 0 Å². The molecule has 0 radical (unpaired) electrons. The summed E-state index contributed by atoms with van der Waals surface area (Å²) in [7, 11) is 0. The van der Waals surface area contributed by atoms with Crippen molar-refractivity contribution in [2.45, 2.75) is 12.8 Å². The van der Waals surface area contributed by atoms with Crippen molar-refractivity contribution in [2.75, 3.05) is 6.61 Å². The fraction of sp³-hybridized carbons (Fsp3) is 0.300. The highest BCUT2D eigenvalue weighted by atomic mass is 32.1. The molecule has 3 nitrogen and oxygen atoms in total. The Morgan fingerprint density at radius 3 is 3.07 bits per heavy atom. The molecule has 0 saturated carbocycles. The first-order valence-corrected chi connectivity index (χ1v) is 5.25. The topological polar surface area (TPSA) is 50.4 Å². The minimum Gasteiger partial charge on any atom is -0.414 e. The van der Waals surface area contributed by atoms with Crippen molar-refractivity contribution in [3.63, 3.8) is 0 Å². The van der Waals surface area contributed by atoms with Crippen LogP contribution in [0, 0.1) is 0 Å². The van der Waals surface area contributed by atoms with Crippen molar-refractivity contribution in [1.82, 2.24) is 0 Å². The molecule has 1 heterocycles. The normalized spacial score (nSPS) is 10.9. The molecule has 0 atom stereocenters. The van der Waals surface area contributed by atoms with Gasteiger partial charge in [-0.25, -0.2) is 4.79 Å². The van der Waals surface area contributed by atoms with Crippen LogP contribution in [0.25, 0.3) is 10.3 Å². The minimum atomic E-state index is -0.267. The van der Waals surface area contributed by atoms with Gasteiger partial charge in [0.15, 0.2) is 5.58 Å². The van der Waals surface area contributed by atoms with Crippen LogP contribution in [-0.4, -0.2) is 11.7 Å². The Balaban J connectivity index is 2.47. The van der Waals surface area contributed by atoms with E-state index in [1.807, 2.05) is 18.2 Å². The molecule has 14 heavy (non-hydrogen) atoms. The quantitative estimate of drug-likeness (QED) is 0.840. The SMILES string of the molecule is O=c1oc2c(CCCO)cccc2s1. The lowest BCUT2D eigenvalue weighted by molar-refractivity contribution is 0.288. The minimum absolute atomic E-state index is 0.157. The van der Waals surface area contributed by atoms with Gasteiger partial charge in [-0.15, -0.1) is 0 Å². The number of hydrogen-bond acceptors (Lipinski definition) is 4. The number of benzene rings is 1. The van der Waals surface area contributed by atoms with Crippen LogP contribution in [0.2, 0.25) is 0 Å². The van der Waals surface area contributed by atoms with Crippen LogP contribution in [0.4, 0.5) is 0 Å². The number of aliphatic hydroxyl groups is 1. The predicted octanol–water partition coefficient (Wildman–Crippen LogP) is 1.78. The fourth-order valence-electron chi connectivity index (χ4n) is 1.42. The smallest absolute Gasteiger partial charge is 0.396 e. The molecule has 0 aliphatic heterocycles. The lowest BCUT2D eigenvalue weighted by Crippen LogP contribution is -1.90. The second-order valence-electron chi connectivity index (χ2n) is 3.03. The number of aliphatic hydroxyl groups excluding tert-OH is 1. The molecule has 1 aromatic heterocycles. The lowest BCUT2D eigenvalue weighted by Gasteiger charge is -1.98. The second kappa shape index (κ2) is 3.94. The summed E-state index contributed by atoms with van der Waals surface area (Å²) in [6.45, 7) is 0.157. The number of para-hydroxylation sites is 1. The van der Waals surface area contributed by atoms with Crippen LogP contribution in [0.15, 0.2) is 27.4 Å². The number of hydrogen-bond donors (Lipinski definition) is 1. The third kappa shape index (κ3) is 1.71. The van der Waals surface area contributed by atoms with E-state index in [2.05, 4.69) is 0 Å². The van der Waals surface area contributed by atoms with Gasteiger partial charge in [-0.2, -0.15) is 0 Å². The maximum atomic E-state index is 11.0. The molecular formula is C10H10O3S. The number of fused-ring (bicyclic) bond motifs is 1. The van der Waals surface area contributed by atoms with Crippen molar-refractivity contribution >= 4 is 21.6 Å². The van der Waals surface area contributed by atoms with E-state index in [4.69, 9.17) is 9.52 Å². The van der Waals surface area contributed by atoms with Gasteiger partial charge < -0.3 is 9.52 Å². The third-order valence-corrected chi connectivity index (χ3v) is 2.83. The Bertz CT molecular complexity index is 483. The molecule has 2 aromatic rings. The first-order chi connectivity index (χ1) is 6.81. The van der Waals surface area contributed by atoms with Gasteiger partial charge in [0.05, 0.1) is 4.70 Å². The average molecular weight is 210 g/mol. The van der Waals surface area contributed by atoms with E-state index in [0.717, 1.165) is 28.0 Å². The summed E-state index contributed by atoms with van der Waals surface area (Å²) in [6.07, 6.45) is 1.44. The molecule has 0 unspecified atom stereocenters. The van der Waals surface area contributed by atoms with Gasteiger partial charge in [-0.05, 0) is 24.5 Å². The van der Waals surface area contributed by atoms with E-state index in [0.29, 0.717) is 12.0 Å². The summed E-state index contributed by atoms with van der Waals surface area (Å²) in [5.41, 5.74) is 1.67. The molecule has 0 aliphatic rings. The van der Waals surface area contributed by atoms with Gasteiger partial charge in [-0.1, -0.05) is 23.5 Å². The molecule has 0 spiro atoms. The van der Waals surface area contributed by atoms with Crippen molar-refractivity contribution < 1.29 is 9.52 Å². The summed E-state index contributed by atoms with van der Waals surface area (Å²) in [4.78, 5) is 10.8. The van der Waals surface area contributed by atoms with Crippen LogP contribution in [0.5, 0.6) is 0 Å². The second-order valence-corrected chi connectivity index (χ2v) is 4.00. The van der Waals surface area contributed by atoms with Gasteiger partial charge in [0.25, 0.3) is 0 Å². The first kappa shape index (κ1) is 9.43. The van der Waals surface area contributed by atoms with Crippen molar-refractivity contribution in [3.05, 3.63) is 33.5 Å². The van der Waals surface area contributed by atoms with E-state index in [9.17, 15) is 4.79 Å². The maximum absolute atomic E-state index is 11.0. The third-order valence-electron chi connectivity index (χ3n) is 2.04. The highest BCUT2D eigenvalue weighted by Gasteiger charge is 2.06. The van der Waals surface area contributed by atoms with E-state index < -0.39 is 0 Å². The van der Waals surface area contributed by atoms with E-state index in [1.54, 1.807) is 0 Å². The monoisotopic (exact) mass is 210 g/mol. The van der Waals surface area contributed by atoms with Gasteiger partial charge >= 0.3 is 4.94 Å². The molecule has 1 N–H and O–H groups in total. The largest absolute Gasteiger partial charge is 0.414 e. The lowest BCUT2D eigenvalue weighted by atomic mass is 10.1. The van der Waals surface area contributed by atoms with Crippen LogP contribution in [0.1, 0.15) is 12.0 Å². The van der Waals surface area contributed by atoms with Crippen molar-refractivity contribution in [3.8, 4) is 0 Å². The highest BCUT2D eigenvalue weighted by Crippen LogP contribution is 2.21. The van der Waals surface area contributed by atoms with E-state index >= 15 is 0 Å². The highest BCUT2D eigenvalue weighted by molar-refractivity contribution is 7.16.